The number of nitrogens with one attached hydrogen (secondary N) is 3. The Hall–Kier alpha value is -2.14. The highest BCUT2D eigenvalue weighted by molar-refractivity contribution is 5.94. The minimum atomic E-state index is -0.119. The minimum Gasteiger partial charge on any atom is -0.344 e. The number of hydrogen-bond acceptors (Lipinski definition) is 3. The van der Waals surface area contributed by atoms with Crippen LogP contribution in [0.3, 0.4) is 0 Å². The third-order valence-electron chi connectivity index (χ3n) is 4.47. The SMILES string of the molecule is CC(C)c1ccc(C(C)NC(=O)c2n[nH]c3c2CNCC3)cc1. The van der Waals surface area contributed by atoms with Gasteiger partial charge in [0.2, 0.25) is 0 Å². The lowest BCUT2D eigenvalue weighted by Crippen LogP contribution is -2.30. The van der Waals surface area contributed by atoms with Crippen LogP contribution in [0.1, 0.15) is 65.6 Å². The number of aromatic amines is 1. The molecule has 0 radical (unpaired) electrons. The highest BCUT2D eigenvalue weighted by Crippen LogP contribution is 2.20. The zero-order chi connectivity index (χ0) is 16.4. The van der Waals surface area contributed by atoms with Crippen molar-refractivity contribution >= 4 is 5.91 Å². The fraction of sp³-hybridized carbons (Fsp3) is 0.444. The molecule has 5 nitrogen and oxygen atoms in total. The van der Waals surface area contributed by atoms with Crippen molar-refractivity contribution in [2.24, 2.45) is 0 Å². The highest BCUT2D eigenvalue weighted by Gasteiger charge is 2.22. The Bertz CT molecular complexity index is 688. The van der Waals surface area contributed by atoms with Gasteiger partial charge in [-0.05, 0) is 24.0 Å². The minimum absolute atomic E-state index is 0.0485. The molecule has 1 aliphatic rings. The summed E-state index contributed by atoms with van der Waals surface area (Å²) in [6.07, 6.45) is 0.891. The van der Waals surface area contributed by atoms with Crippen molar-refractivity contribution in [3.05, 3.63) is 52.3 Å². The third kappa shape index (κ3) is 3.29. The van der Waals surface area contributed by atoms with Gasteiger partial charge in [0.15, 0.2) is 5.69 Å². The van der Waals surface area contributed by atoms with E-state index >= 15 is 0 Å². The number of H-pyrrole nitrogens is 1. The molecule has 1 aromatic heterocycles. The van der Waals surface area contributed by atoms with Gasteiger partial charge >= 0.3 is 0 Å². The molecule has 1 atom stereocenters. The summed E-state index contributed by atoms with van der Waals surface area (Å²) in [5.41, 5.74) is 4.99. The summed E-state index contributed by atoms with van der Waals surface area (Å²) in [6.45, 7) is 7.98. The molecule has 0 aliphatic carbocycles. The van der Waals surface area contributed by atoms with Gasteiger partial charge in [0.25, 0.3) is 5.91 Å². The number of carbonyl (C=O) groups excluding carboxylic acids is 1. The maximum absolute atomic E-state index is 12.5. The number of hydrogen-bond donors (Lipinski definition) is 3. The van der Waals surface area contributed by atoms with Crippen molar-refractivity contribution in [2.45, 2.75) is 45.7 Å². The molecule has 0 bridgehead atoms. The van der Waals surface area contributed by atoms with Crippen molar-refractivity contribution in [2.75, 3.05) is 6.54 Å². The summed E-state index contributed by atoms with van der Waals surface area (Å²) in [7, 11) is 0. The number of amides is 1. The predicted octanol–water partition coefficient (Wildman–Crippen LogP) is 2.67. The van der Waals surface area contributed by atoms with E-state index in [0.29, 0.717) is 18.2 Å². The highest BCUT2D eigenvalue weighted by atomic mass is 16.2. The Morgan fingerprint density at radius 1 is 1.17 bits per heavy atom. The number of fused-ring (bicyclic) bond motifs is 1. The van der Waals surface area contributed by atoms with Crippen LogP contribution in [0.2, 0.25) is 0 Å². The number of benzene rings is 1. The Kier molecular flexibility index (Phi) is 4.48. The molecule has 23 heavy (non-hydrogen) atoms. The van der Waals surface area contributed by atoms with Crippen molar-refractivity contribution in [1.82, 2.24) is 20.8 Å². The summed E-state index contributed by atoms with van der Waals surface area (Å²) in [5.74, 6) is 0.392. The molecule has 1 unspecified atom stereocenters. The van der Waals surface area contributed by atoms with Gasteiger partial charge in [0.05, 0.1) is 6.04 Å². The van der Waals surface area contributed by atoms with E-state index in [1.807, 2.05) is 6.92 Å². The van der Waals surface area contributed by atoms with Crippen LogP contribution in [0.4, 0.5) is 0 Å². The van der Waals surface area contributed by atoms with Crippen LogP contribution in [-0.2, 0) is 13.0 Å². The maximum Gasteiger partial charge on any atom is 0.272 e. The first-order chi connectivity index (χ1) is 11.1. The summed E-state index contributed by atoms with van der Waals surface area (Å²) in [6, 6.07) is 8.38. The quantitative estimate of drug-likeness (QED) is 0.813. The van der Waals surface area contributed by atoms with Crippen LogP contribution < -0.4 is 10.6 Å². The van der Waals surface area contributed by atoms with E-state index in [2.05, 4.69) is 58.9 Å². The fourth-order valence-electron chi connectivity index (χ4n) is 2.93. The predicted molar refractivity (Wildman–Crippen MR) is 90.4 cm³/mol. The molecule has 1 amide bonds. The summed E-state index contributed by atoms with van der Waals surface area (Å²) < 4.78 is 0. The molecule has 122 valence electrons. The summed E-state index contributed by atoms with van der Waals surface area (Å²) in [4.78, 5) is 12.5. The van der Waals surface area contributed by atoms with Gasteiger partial charge in [0, 0.05) is 30.8 Å². The van der Waals surface area contributed by atoms with Crippen LogP contribution in [0.25, 0.3) is 0 Å². The van der Waals surface area contributed by atoms with Gasteiger partial charge in [-0.25, -0.2) is 0 Å². The lowest BCUT2D eigenvalue weighted by Gasteiger charge is -2.16. The molecule has 3 N–H and O–H groups in total. The van der Waals surface area contributed by atoms with Gasteiger partial charge in [-0.3, -0.25) is 9.89 Å². The lowest BCUT2D eigenvalue weighted by molar-refractivity contribution is 0.0933. The molecule has 5 heteroatoms. The molecule has 0 saturated carbocycles. The van der Waals surface area contributed by atoms with Crippen LogP contribution in [0, 0.1) is 0 Å². The zero-order valence-corrected chi connectivity index (χ0v) is 13.9. The first kappa shape index (κ1) is 15.7. The molecule has 3 rings (SSSR count). The van der Waals surface area contributed by atoms with Crippen molar-refractivity contribution in [1.29, 1.82) is 0 Å². The first-order valence-electron chi connectivity index (χ1n) is 8.23. The second kappa shape index (κ2) is 6.54. The van der Waals surface area contributed by atoms with Gasteiger partial charge in [-0.1, -0.05) is 38.1 Å². The van der Waals surface area contributed by atoms with Crippen LogP contribution in [0.15, 0.2) is 24.3 Å². The van der Waals surface area contributed by atoms with E-state index in [1.54, 1.807) is 0 Å². The van der Waals surface area contributed by atoms with E-state index in [4.69, 9.17) is 0 Å². The number of carbonyl (C=O) groups is 1. The van der Waals surface area contributed by atoms with Crippen LogP contribution in [-0.4, -0.2) is 22.6 Å². The smallest absolute Gasteiger partial charge is 0.272 e. The standard InChI is InChI=1S/C18H24N4O/c1-11(2)13-4-6-14(7-5-13)12(3)20-18(23)17-15-10-19-9-8-16(15)21-22-17/h4-7,11-12,19H,8-10H2,1-3H3,(H,20,23)(H,21,22). The van der Waals surface area contributed by atoms with Gasteiger partial charge in [-0.15, -0.1) is 0 Å². The molecule has 0 saturated heterocycles. The molecule has 1 aliphatic heterocycles. The Morgan fingerprint density at radius 3 is 2.57 bits per heavy atom. The van der Waals surface area contributed by atoms with Gasteiger partial charge in [-0.2, -0.15) is 5.10 Å². The van der Waals surface area contributed by atoms with E-state index in [-0.39, 0.29) is 11.9 Å². The monoisotopic (exact) mass is 312 g/mol. The first-order valence-corrected chi connectivity index (χ1v) is 8.23. The Morgan fingerprint density at radius 2 is 1.87 bits per heavy atom. The molecule has 0 spiro atoms. The van der Waals surface area contributed by atoms with E-state index in [9.17, 15) is 4.79 Å². The zero-order valence-electron chi connectivity index (χ0n) is 13.9. The molecule has 1 aromatic carbocycles. The largest absolute Gasteiger partial charge is 0.344 e. The van der Waals surface area contributed by atoms with E-state index < -0.39 is 0 Å². The number of rotatable bonds is 4. The number of nitrogens with zero attached hydrogens (tertiary/aromatic N) is 1. The van der Waals surface area contributed by atoms with Crippen molar-refractivity contribution < 1.29 is 4.79 Å². The maximum atomic E-state index is 12.5. The second-order valence-electron chi connectivity index (χ2n) is 6.47. The molecule has 0 fully saturated rings. The normalized spacial score (nSPS) is 15.3. The van der Waals surface area contributed by atoms with Gasteiger partial charge in [0.1, 0.15) is 0 Å². The van der Waals surface area contributed by atoms with Crippen molar-refractivity contribution in [3.8, 4) is 0 Å². The Labute approximate surface area is 136 Å². The third-order valence-corrected chi connectivity index (χ3v) is 4.47. The number of aromatic nitrogens is 2. The summed E-state index contributed by atoms with van der Waals surface area (Å²) >= 11 is 0. The van der Waals surface area contributed by atoms with Gasteiger partial charge < -0.3 is 10.6 Å². The van der Waals surface area contributed by atoms with Crippen LogP contribution in [0.5, 0.6) is 0 Å². The second-order valence-corrected chi connectivity index (χ2v) is 6.47. The molecular weight excluding hydrogens is 288 g/mol. The molecule has 2 aromatic rings. The van der Waals surface area contributed by atoms with E-state index in [1.165, 1.54) is 5.56 Å². The van der Waals surface area contributed by atoms with E-state index in [0.717, 1.165) is 29.8 Å². The average molecular weight is 312 g/mol. The molecule has 2 heterocycles. The topological polar surface area (TPSA) is 69.8 Å². The van der Waals surface area contributed by atoms with Crippen LogP contribution >= 0.6 is 0 Å². The average Bonchev–Trinajstić information content (AvgIpc) is 2.99. The Balaban J connectivity index is 1.71. The molecular formula is C18H24N4O. The van der Waals surface area contributed by atoms with Crippen molar-refractivity contribution in [3.63, 3.8) is 0 Å². The lowest BCUT2D eigenvalue weighted by atomic mass is 9.99. The summed E-state index contributed by atoms with van der Waals surface area (Å²) in [5, 5.41) is 13.5. The fourth-order valence-corrected chi connectivity index (χ4v) is 2.93.